The molecular formula is C23H16F6N4O4. The number of nitrogens with zero attached hydrogens (tertiary/aromatic N) is 3. The van der Waals surface area contributed by atoms with Gasteiger partial charge in [-0.2, -0.15) is 13.2 Å². The largest absolute Gasteiger partial charge is 0.447 e. The maximum atomic E-state index is 14.8. The number of pyridine rings is 2. The first-order chi connectivity index (χ1) is 17.5. The number of carbonyl (C=O) groups is 2. The molecule has 3 heterocycles. The molecule has 194 valence electrons. The normalized spacial score (nSPS) is 16.7. The molecular weight excluding hydrogens is 510 g/mol. The number of rotatable bonds is 5. The number of amides is 2. The molecule has 1 saturated carbocycles. The number of alkyl halides is 3. The van der Waals surface area contributed by atoms with Crippen molar-refractivity contribution in [1.82, 2.24) is 14.9 Å². The van der Waals surface area contributed by atoms with Crippen LogP contribution in [0.15, 0.2) is 35.3 Å². The van der Waals surface area contributed by atoms with Crippen LogP contribution >= 0.6 is 0 Å². The van der Waals surface area contributed by atoms with Gasteiger partial charge in [-0.05, 0) is 30.9 Å². The Morgan fingerprint density at radius 1 is 1.11 bits per heavy atom. The molecule has 2 aliphatic rings. The first-order valence-corrected chi connectivity index (χ1v) is 11.0. The highest BCUT2D eigenvalue weighted by molar-refractivity contribution is 5.98. The van der Waals surface area contributed by atoms with Crippen LogP contribution in [0.5, 0.6) is 0 Å². The molecule has 5 rings (SSSR count). The van der Waals surface area contributed by atoms with Gasteiger partial charge in [0.15, 0.2) is 17.3 Å². The summed E-state index contributed by atoms with van der Waals surface area (Å²) in [6, 6.07) is 0.792. The molecule has 37 heavy (non-hydrogen) atoms. The lowest BCUT2D eigenvalue weighted by Crippen LogP contribution is -2.48. The number of aromatic nitrogens is 2. The molecule has 0 bridgehead atoms. The summed E-state index contributed by atoms with van der Waals surface area (Å²) in [7, 11) is 0. The highest BCUT2D eigenvalue weighted by atomic mass is 19.4. The van der Waals surface area contributed by atoms with Crippen LogP contribution in [0, 0.1) is 23.4 Å². The third-order valence-electron chi connectivity index (χ3n) is 6.07. The Morgan fingerprint density at radius 2 is 1.78 bits per heavy atom. The van der Waals surface area contributed by atoms with Gasteiger partial charge >= 0.3 is 12.3 Å². The second-order valence-electron chi connectivity index (χ2n) is 8.60. The number of benzene rings is 1. The summed E-state index contributed by atoms with van der Waals surface area (Å²) in [5.41, 5.74) is -3.28. The summed E-state index contributed by atoms with van der Waals surface area (Å²) in [4.78, 5) is 43.2. The van der Waals surface area contributed by atoms with Crippen molar-refractivity contribution in [3.8, 4) is 5.69 Å². The Morgan fingerprint density at radius 3 is 2.35 bits per heavy atom. The minimum Gasteiger partial charge on any atom is -0.447 e. The van der Waals surface area contributed by atoms with Crippen LogP contribution in [-0.2, 0) is 4.74 Å². The van der Waals surface area contributed by atoms with E-state index in [4.69, 9.17) is 4.74 Å². The molecule has 14 heteroatoms. The molecule has 1 N–H and O–H groups in total. The summed E-state index contributed by atoms with van der Waals surface area (Å²) < 4.78 is 89.0. The number of carbonyl (C=O) groups excluding carboxylic acids is 2. The SMILES string of the molecule is O=C(N[C@@H](C1CC1)C(F)(F)F)c1cn(-c2c(F)cc(F)cc2F)c2nc(N3CCOC3=O)ccc2c1=O. The lowest BCUT2D eigenvalue weighted by molar-refractivity contribution is -0.158. The average Bonchev–Trinajstić information content (AvgIpc) is 3.56. The summed E-state index contributed by atoms with van der Waals surface area (Å²) in [6.45, 7) is 0.119. The van der Waals surface area contributed by atoms with Crippen molar-refractivity contribution in [2.75, 3.05) is 18.1 Å². The zero-order valence-electron chi connectivity index (χ0n) is 18.6. The van der Waals surface area contributed by atoms with E-state index in [1.807, 2.05) is 0 Å². The van der Waals surface area contributed by atoms with Crippen LogP contribution in [0.1, 0.15) is 23.2 Å². The van der Waals surface area contributed by atoms with Gasteiger partial charge in [-0.25, -0.2) is 22.9 Å². The van der Waals surface area contributed by atoms with Gasteiger partial charge in [0.2, 0.25) is 5.43 Å². The van der Waals surface area contributed by atoms with Gasteiger partial charge in [0.05, 0.1) is 11.9 Å². The number of ether oxygens (including phenoxy) is 1. The second-order valence-corrected chi connectivity index (χ2v) is 8.60. The van der Waals surface area contributed by atoms with E-state index in [2.05, 4.69) is 4.98 Å². The summed E-state index contributed by atoms with van der Waals surface area (Å²) in [5, 5.41) is 1.42. The van der Waals surface area contributed by atoms with Gasteiger partial charge in [0.25, 0.3) is 5.91 Å². The van der Waals surface area contributed by atoms with Gasteiger partial charge in [0.1, 0.15) is 35.5 Å². The van der Waals surface area contributed by atoms with E-state index in [-0.39, 0.29) is 37.2 Å². The molecule has 8 nitrogen and oxygen atoms in total. The molecule has 0 radical (unpaired) electrons. The smallest absolute Gasteiger partial charge is 0.415 e. The number of hydrogen-bond donors (Lipinski definition) is 1. The molecule has 2 fully saturated rings. The van der Waals surface area contributed by atoms with E-state index >= 15 is 0 Å². The second kappa shape index (κ2) is 8.78. The topological polar surface area (TPSA) is 93.5 Å². The molecule has 1 aliphatic heterocycles. The summed E-state index contributed by atoms with van der Waals surface area (Å²) in [6.07, 6.45) is -4.47. The highest BCUT2D eigenvalue weighted by Gasteiger charge is 2.50. The summed E-state index contributed by atoms with van der Waals surface area (Å²) >= 11 is 0. The lowest BCUT2D eigenvalue weighted by atomic mass is 10.1. The van der Waals surface area contributed by atoms with E-state index in [9.17, 15) is 40.7 Å². The number of hydrogen-bond acceptors (Lipinski definition) is 5. The first-order valence-electron chi connectivity index (χ1n) is 11.0. The van der Waals surface area contributed by atoms with Gasteiger partial charge in [-0.1, -0.05) is 0 Å². The fourth-order valence-corrected chi connectivity index (χ4v) is 4.16. The van der Waals surface area contributed by atoms with Gasteiger partial charge < -0.3 is 10.1 Å². The molecule has 0 spiro atoms. The standard InChI is InChI=1S/C23H16F6N4O4/c24-11-7-14(25)17(15(26)8-11)33-9-13(21(35)31-19(10-1-2-10)23(27,28)29)18(34)12-3-4-16(30-20(12)33)32-5-6-37-22(32)36/h3-4,7-10,19H,1-2,5-6H2,(H,31,35)/t19-/m0/s1. The number of fused-ring (bicyclic) bond motifs is 1. The number of anilines is 1. The lowest BCUT2D eigenvalue weighted by Gasteiger charge is -2.22. The monoisotopic (exact) mass is 526 g/mol. The average molecular weight is 526 g/mol. The highest BCUT2D eigenvalue weighted by Crippen LogP contribution is 2.40. The Labute approximate surface area is 203 Å². The van der Waals surface area contributed by atoms with Crippen molar-refractivity contribution in [2.45, 2.75) is 25.1 Å². The molecule has 0 unspecified atom stereocenters. The van der Waals surface area contributed by atoms with Crippen LogP contribution in [0.4, 0.5) is 37.0 Å². The fraction of sp³-hybridized carbons (Fsp3) is 0.304. The molecule has 1 atom stereocenters. The zero-order chi connectivity index (χ0) is 26.6. The van der Waals surface area contributed by atoms with Crippen molar-refractivity contribution < 1.29 is 40.7 Å². The maximum absolute atomic E-state index is 14.8. The van der Waals surface area contributed by atoms with Gasteiger partial charge in [-0.3, -0.25) is 19.1 Å². The number of nitrogens with one attached hydrogen (secondary N) is 1. The minimum atomic E-state index is -4.79. The van der Waals surface area contributed by atoms with Crippen LogP contribution in [-0.4, -0.2) is 46.9 Å². The van der Waals surface area contributed by atoms with Gasteiger partial charge in [0, 0.05) is 18.3 Å². The molecule has 1 saturated heterocycles. The predicted molar refractivity (Wildman–Crippen MR) is 116 cm³/mol. The Kier molecular flexibility index (Phi) is 5.83. The minimum absolute atomic E-state index is 0.0348. The molecule has 3 aromatic rings. The van der Waals surface area contributed by atoms with Crippen LogP contribution < -0.4 is 15.6 Å². The Balaban J connectivity index is 1.71. The molecule has 1 aliphatic carbocycles. The van der Waals surface area contributed by atoms with E-state index in [0.29, 0.717) is 22.9 Å². The van der Waals surface area contributed by atoms with Crippen LogP contribution in [0.3, 0.4) is 0 Å². The Bertz CT molecular complexity index is 1480. The maximum Gasteiger partial charge on any atom is 0.415 e. The van der Waals surface area contributed by atoms with E-state index in [0.717, 1.165) is 11.0 Å². The van der Waals surface area contributed by atoms with E-state index in [1.165, 1.54) is 6.07 Å². The van der Waals surface area contributed by atoms with Crippen LogP contribution in [0.2, 0.25) is 0 Å². The van der Waals surface area contributed by atoms with Crippen LogP contribution in [0.25, 0.3) is 16.7 Å². The van der Waals surface area contributed by atoms with E-state index < -0.39 is 69.9 Å². The van der Waals surface area contributed by atoms with E-state index in [1.54, 1.807) is 5.32 Å². The van der Waals surface area contributed by atoms with Gasteiger partial charge in [-0.15, -0.1) is 0 Å². The third kappa shape index (κ3) is 4.47. The van der Waals surface area contributed by atoms with Crippen molar-refractivity contribution in [3.05, 3.63) is 63.7 Å². The van der Waals surface area contributed by atoms with Crippen molar-refractivity contribution in [3.63, 3.8) is 0 Å². The number of halogens is 6. The molecule has 1 aromatic carbocycles. The number of cyclic esters (lactones) is 1. The third-order valence-corrected chi connectivity index (χ3v) is 6.07. The fourth-order valence-electron chi connectivity index (χ4n) is 4.16. The molecule has 2 amide bonds. The van der Waals surface area contributed by atoms with Crippen molar-refractivity contribution in [1.29, 1.82) is 0 Å². The predicted octanol–water partition coefficient (Wildman–Crippen LogP) is 3.83. The molecule has 2 aromatic heterocycles. The Hall–Kier alpha value is -4.10. The quantitative estimate of drug-likeness (QED) is 0.511. The van der Waals surface area contributed by atoms with Crippen molar-refractivity contribution in [2.24, 2.45) is 5.92 Å². The van der Waals surface area contributed by atoms with Crippen molar-refractivity contribution >= 4 is 28.9 Å². The summed E-state index contributed by atoms with van der Waals surface area (Å²) in [5.74, 6) is -6.46. The first kappa shape index (κ1) is 24.6. The zero-order valence-corrected chi connectivity index (χ0v) is 18.6.